The van der Waals surface area contributed by atoms with Gasteiger partial charge >= 0.3 is 0 Å². The molecule has 3 heteroatoms. The first-order valence-electron chi connectivity index (χ1n) is 6.52. The maximum Gasteiger partial charge on any atom is 0.228 e. The number of rotatable bonds is 6. The average Bonchev–Trinajstić information content (AvgIpc) is 2.42. The second kappa shape index (κ2) is 7.17. The van der Waals surface area contributed by atoms with E-state index < -0.39 is 0 Å². The molecule has 1 aromatic rings. The molecule has 0 N–H and O–H groups in total. The average molecular weight is 249 g/mol. The van der Waals surface area contributed by atoms with E-state index in [1.165, 1.54) is 0 Å². The largest absolute Gasteiger partial charge is 0.376 e. The van der Waals surface area contributed by atoms with E-state index in [4.69, 9.17) is 4.74 Å². The van der Waals surface area contributed by atoms with Gasteiger partial charge in [0.05, 0.1) is 12.0 Å². The number of hydrogen-bond acceptors (Lipinski definition) is 2. The maximum absolute atomic E-state index is 12.3. The van der Waals surface area contributed by atoms with Gasteiger partial charge in [-0.3, -0.25) is 4.79 Å². The van der Waals surface area contributed by atoms with Crippen LogP contribution < -0.4 is 0 Å². The summed E-state index contributed by atoms with van der Waals surface area (Å²) >= 11 is 0. The first-order valence-corrected chi connectivity index (χ1v) is 6.52. The lowest BCUT2D eigenvalue weighted by atomic mass is 9.96. The highest BCUT2D eigenvalue weighted by Gasteiger charge is 2.27. The van der Waals surface area contributed by atoms with Gasteiger partial charge in [0.2, 0.25) is 5.91 Å². The molecule has 18 heavy (non-hydrogen) atoms. The van der Waals surface area contributed by atoms with Gasteiger partial charge in [-0.1, -0.05) is 37.3 Å². The van der Waals surface area contributed by atoms with Gasteiger partial charge in [0.25, 0.3) is 0 Å². The van der Waals surface area contributed by atoms with Gasteiger partial charge in [0, 0.05) is 20.2 Å². The fourth-order valence-electron chi connectivity index (χ4n) is 2.22. The molecule has 0 aliphatic rings. The summed E-state index contributed by atoms with van der Waals surface area (Å²) in [6.07, 6.45) is -0.181. The monoisotopic (exact) mass is 249 g/mol. The van der Waals surface area contributed by atoms with Crippen LogP contribution >= 0.6 is 0 Å². The molecule has 3 nitrogen and oxygen atoms in total. The smallest absolute Gasteiger partial charge is 0.228 e. The second-order valence-corrected chi connectivity index (χ2v) is 4.37. The van der Waals surface area contributed by atoms with Crippen molar-refractivity contribution in [1.29, 1.82) is 0 Å². The molecule has 2 atom stereocenters. The zero-order valence-corrected chi connectivity index (χ0v) is 11.7. The molecular weight excluding hydrogens is 226 g/mol. The maximum atomic E-state index is 12.3. The van der Waals surface area contributed by atoms with Crippen LogP contribution in [0.1, 0.15) is 32.4 Å². The van der Waals surface area contributed by atoms with Gasteiger partial charge in [-0.05, 0) is 19.4 Å². The minimum atomic E-state index is -0.181. The predicted octanol–water partition coefficient (Wildman–Crippen LogP) is 2.88. The minimum Gasteiger partial charge on any atom is -0.376 e. The lowest BCUT2D eigenvalue weighted by molar-refractivity contribution is -0.139. The zero-order chi connectivity index (χ0) is 13.5. The van der Waals surface area contributed by atoms with Crippen LogP contribution in [0.5, 0.6) is 0 Å². The fraction of sp³-hybridized carbons (Fsp3) is 0.533. The summed E-state index contributed by atoms with van der Waals surface area (Å²) in [6.45, 7) is 7.41. The SMILES string of the molecule is CCN(CC)C(=O)[C@H](C)[C@@H](OC)c1ccccc1. The molecule has 1 aromatic carbocycles. The van der Waals surface area contributed by atoms with E-state index in [0.29, 0.717) is 0 Å². The highest BCUT2D eigenvalue weighted by molar-refractivity contribution is 5.79. The predicted molar refractivity (Wildman–Crippen MR) is 73.3 cm³/mol. The summed E-state index contributed by atoms with van der Waals surface area (Å²) in [6, 6.07) is 9.90. The molecule has 100 valence electrons. The van der Waals surface area contributed by atoms with Crippen LogP contribution in [-0.2, 0) is 9.53 Å². The topological polar surface area (TPSA) is 29.5 Å². The second-order valence-electron chi connectivity index (χ2n) is 4.37. The first kappa shape index (κ1) is 14.7. The molecule has 0 aliphatic heterocycles. The van der Waals surface area contributed by atoms with Crippen molar-refractivity contribution in [3.63, 3.8) is 0 Å². The molecule has 1 amide bonds. The molecule has 0 saturated heterocycles. The lowest BCUT2D eigenvalue weighted by Crippen LogP contribution is -2.37. The molecule has 0 saturated carbocycles. The molecule has 0 spiro atoms. The molecule has 1 rings (SSSR count). The highest BCUT2D eigenvalue weighted by atomic mass is 16.5. The normalized spacial score (nSPS) is 14.0. The number of nitrogens with zero attached hydrogens (tertiary/aromatic N) is 1. The molecule has 0 fully saturated rings. The van der Waals surface area contributed by atoms with Crippen molar-refractivity contribution in [2.75, 3.05) is 20.2 Å². The number of benzene rings is 1. The van der Waals surface area contributed by atoms with Crippen LogP contribution in [0.4, 0.5) is 0 Å². The molecular formula is C15H23NO2. The van der Waals surface area contributed by atoms with Crippen molar-refractivity contribution < 1.29 is 9.53 Å². The first-order chi connectivity index (χ1) is 8.65. The summed E-state index contributed by atoms with van der Waals surface area (Å²) in [4.78, 5) is 14.2. The summed E-state index contributed by atoms with van der Waals surface area (Å²) in [7, 11) is 1.66. The van der Waals surface area contributed by atoms with Gasteiger partial charge in [-0.2, -0.15) is 0 Å². The van der Waals surface area contributed by atoms with Gasteiger partial charge in [-0.15, -0.1) is 0 Å². The molecule has 0 heterocycles. The Hall–Kier alpha value is -1.35. The van der Waals surface area contributed by atoms with Crippen molar-refractivity contribution in [2.24, 2.45) is 5.92 Å². The van der Waals surface area contributed by atoms with E-state index in [9.17, 15) is 4.79 Å². The number of hydrogen-bond donors (Lipinski definition) is 0. The van der Waals surface area contributed by atoms with Crippen LogP contribution in [0.3, 0.4) is 0 Å². The van der Waals surface area contributed by atoms with Crippen LogP contribution in [0.2, 0.25) is 0 Å². The van der Waals surface area contributed by atoms with Gasteiger partial charge in [0.1, 0.15) is 0 Å². The Morgan fingerprint density at radius 1 is 1.22 bits per heavy atom. The number of methoxy groups -OCH3 is 1. The van der Waals surface area contributed by atoms with E-state index in [1.54, 1.807) is 7.11 Å². The third-order valence-electron chi connectivity index (χ3n) is 3.30. The number of amides is 1. The Bertz CT molecular complexity index is 360. The molecule has 0 aliphatic carbocycles. The molecule has 0 radical (unpaired) electrons. The Morgan fingerprint density at radius 2 is 1.78 bits per heavy atom. The summed E-state index contributed by atoms with van der Waals surface area (Å²) in [5.74, 6) is -0.0204. The molecule has 0 bridgehead atoms. The Balaban J connectivity index is 2.86. The van der Waals surface area contributed by atoms with E-state index >= 15 is 0 Å². The van der Waals surface area contributed by atoms with Gasteiger partial charge in [0.15, 0.2) is 0 Å². The molecule has 0 aromatic heterocycles. The Labute approximate surface area is 110 Å². The summed E-state index contributed by atoms with van der Waals surface area (Å²) in [5.41, 5.74) is 1.05. The quantitative estimate of drug-likeness (QED) is 0.776. The fourth-order valence-corrected chi connectivity index (χ4v) is 2.22. The van der Waals surface area contributed by atoms with Crippen LogP contribution in [-0.4, -0.2) is 31.0 Å². The third-order valence-corrected chi connectivity index (χ3v) is 3.30. The van der Waals surface area contributed by atoms with E-state index in [0.717, 1.165) is 18.7 Å². The van der Waals surface area contributed by atoms with Crippen LogP contribution in [0.15, 0.2) is 30.3 Å². The standard InChI is InChI=1S/C15H23NO2/c1-5-16(6-2)15(17)12(3)14(18-4)13-10-8-7-9-11-13/h7-12,14H,5-6H2,1-4H3/t12-,14-/m1/s1. The van der Waals surface area contributed by atoms with Gasteiger partial charge in [-0.25, -0.2) is 0 Å². The highest BCUT2D eigenvalue weighted by Crippen LogP contribution is 2.26. The zero-order valence-electron chi connectivity index (χ0n) is 11.7. The Morgan fingerprint density at radius 3 is 2.22 bits per heavy atom. The number of ether oxygens (including phenoxy) is 1. The number of carbonyl (C=O) groups is 1. The Kier molecular flexibility index (Phi) is 5.86. The van der Waals surface area contributed by atoms with Crippen molar-refractivity contribution in [1.82, 2.24) is 4.90 Å². The number of carbonyl (C=O) groups excluding carboxylic acids is 1. The van der Waals surface area contributed by atoms with Crippen molar-refractivity contribution in [3.05, 3.63) is 35.9 Å². The van der Waals surface area contributed by atoms with Crippen molar-refractivity contribution in [2.45, 2.75) is 26.9 Å². The summed E-state index contributed by atoms with van der Waals surface area (Å²) in [5, 5.41) is 0. The van der Waals surface area contributed by atoms with E-state index in [2.05, 4.69) is 0 Å². The third kappa shape index (κ3) is 3.33. The summed E-state index contributed by atoms with van der Waals surface area (Å²) < 4.78 is 5.51. The van der Waals surface area contributed by atoms with Gasteiger partial charge < -0.3 is 9.64 Å². The van der Waals surface area contributed by atoms with Crippen molar-refractivity contribution >= 4 is 5.91 Å². The minimum absolute atomic E-state index is 0.149. The van der Waals surface area contributed by atoms with Crippen LogP contribution in [0.25, 0.3) is 0 Å². The van der Waals surface area contributed by atoms with Crippen molar-refractivity contribution in [3.8, 4) is 0 Å². The van der Waals surface area contributed by atoms with Crippen LogP contribution in [0, 0.1) is 5.92 Å². The van der Waals surface area contributed by atoms with E-state index in [1.807, 2.05) is 56.0 Å². The molecule has 0 unspecified atom stereocenters. The lowest BCUT2D eigenvalue weighted by Gasteiger charge is -2.28. The van der Waals surface area contributed by atoms with E-state index in [-0.39, 0.29) is 17.9 Å².